The van der Waals surface area contributed by atoms with E-state index in [0.717, 1.165) is 22.3 Å². The zero-order valence-electron chi connectivity index (χ0n) is 18.8. The van der Waals surface area contributed by atoms with Crippen molar-refractivity contribution in [3.63, 3.8) is 0 Å². The molecule has 3 aromatic rings. The predicted molar refractivity (Wildman–Crippen MR) is 134 cm³/mol. The molecule has 0 aromatic heterocycles. The van der Waals surface area contributed by atoms with E-state index in [2.05, 4.69) is 12.1 Å². The Balaban J connectivity index is 1.59. The lowest BCUT2D eigenvalue weighted by atomic mass is 10.0. The first-order chi connectivity index (χ1) is 15.7. The minimum absolute atomic E-state index is 0.360. The number of hydrogen-bond acceptors (Lipinski definition) is 3. The van der Waals surface area contributed by atoms with Crippen LogP contribution in [0.4, 0.5) is 0 Å². The highest BCUT2D eigenvalue weighted by Gasteiger charge is 2.33. The number of carbonyl (C=O) groups is 1. The maximum Gasteiger partial charge on any atom is 0.347 e. The molecule has 0 amide bonds. The SMILES string of the molecule is CCC(C)(Oc1ccc(OCC=C(C)c2ccc(-c3cc(Cl)cc(Cl)c3)cc2)cc1)C(=O)O. The van der Waals surface area contributed by atoms with Crippen molar-refractivity contribution in [1.29, 1.82) is 0 Å². The van der Waals surface area contributed by atoms with E-state index < -0.39 is 11.6 Å². The molecular formula is C27H26Cl2O4. The Labute approximate surface area is 204 Å². The number of carboxylic acids is 1. The van der Waals surface area contributed by atoms with Crippen molar-refractivity contribution in [3.05, 3.63) is 88.4 Å². The lowest BCUT2D eigenvalue weighted by Gasteiger charge is -2.24. The Hall–Kier alpha value is -2.95. The monoisotopic (exact) mass is 484 g/mol. The summed E-state index contributed by atoms with van der Waals surface area (Å²) in [7, 11) is 0. The van der Waals surface area contributed by atoms with Crippen LogP contribution in [0.1, 0.15) is 32.8 Å². The molecule has 1 unspecified atom stereocenters. The first kappa shape index (κ1) is 24.7. The first-order valence-electron chi connectivity index (χ1n) is 10.6. The number of benzene rings is 3. The molecule has 1 atom stereocenters. The first-order valence-corrected chi connectivity index (χ1v) is 11.3. The molecule has 4 nitrogen and oxygen atoms in total. The smallest absolute Gasteiger partial charge is 0.347 e. The van der Waals surface area contributed by atoms with E-state index in [0.29, 0.717) is 34.6 Å². The maximum atomic E-state index is 11.4. The molecular weight excluding hydrogens is 459 g/mol. The van der Waals surface area contributed by atoms with Crippen LogP contribution in [-0.4, -0.2) is 23.3 Å². The van der Waals surface area contributed by atoms with Gasteiger partial charge < -0.3 is 14.6 Å². The van der Waals surface area contributed by atoms with Gasteiger partial charge in [0.1, 0.15) is 18.1 Å². The van der Waals surface area contributed by atoms with Gasteiger partial charge >= 0.3 is 5.97 Å². The molecule has 0 heterocycles. The molecule has 0 aliphatic carbocycles. The minimum atomic E-state index is -1.25. The second-order valence-electron chi connectivity index (χ2n) is 7.90. The lowest BCUT2D eigenvalue weighted by molar-refractivity contribution is -0.154. The minimum Gasteiger partial charge on any atom is -0.490 e. The molecule has 0 saturated carbocycles. The predicted octanol–water partition coefficient (Wildman–Crippen LogP) is 7.77. The van der Waals surface area contributed by atoms with E-state index in [-0.39, 0.29) is 0 Å². The van der Waals surface area contributed by atoms with Crippen LogP contribution < -0.4 is 9.47 Å². The largest absolute Gasteiger partial charge is 0.490 e. The molecule has 0 bridgehead atoms. The van der Waals surface area contributed by atoms with E-state index in [1.165, 1.54) is 0 Å². The fourth-order valence-electron chi connectivity index (χ4n) is 3.16. The Bertz CT molecular complexity index is 1120. The van der Waals surface area contributed by atoms with Gasteiger partial charge in [-0.1, -0.05) is 54.4 Å². The molecule has 3 aromatic carbocycles. The molecule has 0 spiro atoms. The molecule has 0 aliphatic rings. The summed E-state index contributed by atoms with van der Waals surface area (Å²) < 4.78 is 11.4. The van der Waals surface area contributed by atoms with Gasteiger partial charge in [-0.3, -0.25) is 0 Å². The number of halogens is 2. The van der Waals surface area contributed by atoms with Crippen LogP contribution in [0.2, 0.25) is 10.0 Å². The Morgan fingerprint density at radius 1 is 0.939 bits per heavy atom. The van der Waals surface area contributed by atoms with Crippen molar-refractivity contribution in [3.8, 4) is 22.6 Å². The molecule has 0 aliphatic heterocycles. The van der Waals surface area contributed by atoms with Crippen LogP contribution in [-0.2, 0) is 4.79 Å². The zero-order valence-corrected chi connectivity index (χ0v) is 20.3. The summed E-state index contributed by atoms with van der Waals surface area (Å²) in [6, 6.07) is 20.6. The quantitative estimate of drug-likeness (QED) is 0.336. The summed E-state index contributed by atoms with van der Waals surface area (Å²) in [5, 5.41) is 10.6. The summed E-state index contributed by atoms with van der Waals surface area (Å²) in [5.41, 5.74) is 2.93. The highest BCUT2D eigenvalue weighted by atomic mass is 35.5. The highest BCUT2D eigenvalue weighted by Crippen LogP contribution is 2.28. The summed E-state index contributed by atoms with van der Waals surface area (Å²) in [5.74, 6) is 0.172. The summed E-state index contributed by atoms with van der Waals surface area (Å²) in [6.07, 6.45) is 2.37. The molecule has 172 valence electrons. The Kier molecular flexibility index (Phi) is 8.06. The van der Waals surface area contributed by atoms with Gasteiger partial charge in [0.2, 0.25) is 5.60 Å². The maximum absolute atomic E-state index is 11.4. The molecule has 0 saturated heterocycles. The topological polar surface area (TPSA) is 55.8 Å². The number of rotatable bonds is 9. The third-order valence-corrected chi connectivity index (χ3v) is 5.91. The van der Waals surface area contributed by atoms with Crippen molar-refractivity contribution < 1.29 is 19.4 Å². The summed E-state index contributed by atoms with van der Waals surface area (Å²) in [6.45, 7) is 5.77. The van der Waals surface area contributed by atoms with E-state index in [4.69, 9.17) is 32.7 Å². The molecule has 6 heteroatoms. The van der Waals surface area contributed by atoms with Crippen LogP contribution >= 0.6 is 23.2 Å². The third-order valence-electron chi connectivity index (χ3n) is 5.47. The van der Waals surface area contributed by atoms with Crippen LogP contribution in [0.15, 0.2) is 72.8 Å². The molecule has 1 N–H and O–H groups in total. The fraction of sp³-hybridized carbons (Fsp3) is 0.222. The van der Waals surface area contributed by atoms with Gasteiger partial charge in [-0.15, -0.1) is 0 Å². The van der Waals surface area contributed by atoms with E-state index in [1.54, 1.807) is 44.2 Å². The molecule has 0 radical (unpaired) electrons. The van der Waals surface area contributed by atoms with E-state index in [9.17, 15) is 9.90 Å². The van der Waals surface area contributed by atoms with Crippen LogP contribution in [0.5, 0.6) is 11.5 Å². The van der Waals surface area contributed by atoms with Gasteiger partial charge in [-0.05, 0) is 91.1 Å². The number of aliphatic carboxylic acids is 1. The highest BCUT2D eigenvalue weighted by molar-refractivity contribution is 6.35. The van der Waals surface area contributed by atoms with Crippen molar-refractivity contribution in [1.82, 2.24) is 0 Å². The molecule has 33 heavy (non-hydrogen) atoms. The number of allylic oxidation sites excluding steroid dienone is 1. The Morgan fingerprint density at radius 2 is 1.52 bits per heavy atom. The molecule has 0 fully saturated rings. The van der Waals surface area contributed by atoms with Gasteiger partial charge in [0.15, 0.2) is 0 Å². The lowest BCUT2D eigenvalue weighted by Crippen LogP contribution is -2.40. The standard InChI is InChI=1S/C27H26Cl2O4/c1-4-27(3,26(30)31)33-25-11-9-24(10-12-25)32-14-13-18(2)19-5-7-20(8-6-19)21-15-22(28)17-23(29)16-21/h5-13,15-17H,4,14H2,1-3H3,(H,30,31). The summed E-state index contributed by atoms with van der Waals surface area (Å²) in [4.78, 5) is 11.4. The van der Waals surface area contributed by atoms with Gasteiger partial charge in [-0.25, -0.2) is 4.79 Å². The van der Waals surface area contributed by atoms with Gasteiger partial charge in [0.05, 0.1) is 0 Å². The Morgan fingerprint density at radius 3 is 2.06 bits per heavy atom. The average Bonchev–Trinajstić information content (AvgIpc) is 2.79. The second-order valence-corrected chi connectivity index (χ2v) is 8.77. The van der Waals surface area contributed by atoms with Crippen molar-refractivity contribution in [2.75, 3.05) is 6.61 Å². The van der Waals surface area contributed by atoms with Crippen molar-refractivity contribution in [2.45, 2.75) is 32.8 Å². The number of carboxylic acid groups (broad SMARTS) is 1. The zero-order chi connectivity index (χ0) is 24.0. The number of ether oxygens (including phenoxy) is 2. The van der Waals surface area contributed by atoms with Gasteiger partial charge in [0, 0.05) is 10.0 Å². The normalized spacial score (nSPS) is 13.3. The van der Waals surface area contributed by atoms with E-state index >= 15 is 0 Å². The third kappa shape index (κ3) is 6.53. The average molecular weight is 485 g/mol. The van der Waals surface area contributed by atoms with Crippen LogP contribution in [0, 0.1) is 0 Å². The van der Waals surface area contributed by atoms with Crippen molar-refractivity contribution >= 4 is 34.7 Å². The number of hydrogen-bond donors (Lipinski definition) is 1. The fourth-order valence-corrected chi connectivity index (χ4v) is 3.68. The van der Waals surface area contributed by atoms with Gasteiger partial charge in [0.25, 0.3) is 0 Å². The van der Waals surface area contributed by atoms with E-state index in [1.807, 2.05) is 37.3 Å². The van der Waals surface area contributed by atoms with Crippen LogP contribution in [0.25, 0.3) is 16.7 Å². The van der Waals surface area contributed by atoms with Crippen LogP contribution in [0.3, 0.4) is 0 Å². The van der Waals surface area contributed by atoms with Crippen molar-refractivity contribution in [2.24, 2.45) is 0 Å². The second kappa shape index (κ2) is 10.8. The van der Waals surface area contributed by atoms with Gasteiger partial charge in [-0.2, -0.15) is 0 Å². The summed E-state index contributed by atoms with van der Waals surface area (Å²) >= 11 is 12.2. The molecule has 3 rings (SSSR count).